The molecule has 18 heavy (non-hydrogen) atoms. The Kier molecular flexibility index (Phi) is 4.56. The average Bonchev–Trinajstić information content (AvgIpc) is 2.38. The molecule has 0 amide bonds. The minimum Gasteiger partial charge on any atom is -0.358 e. The normalized spacial score (nSPS) is 24.3. The molecule has 2 nitrogen and oxygen atoms in total. The van der Waals surface area contributed by atoms with E-state index in [9.17, 15) is 0 Å². The lowest BCUT2D eigenvalue weighted by Gasteiger charge is -2.31. The van der Waals surface area contributed by atoms with Gasteiger partial charge in [0.2, 0.25) is 0 Å². The summed E-state index contributed by atoms with van der Waals surface area (Å²) in [5.74, 6) is 0. The van der Waals surface area contributed by atoms with Crippen molar-refractivity contribution < 1.29 is 6.16 Å². The standard InChI is InChI=1S/C16H22NO.H2/c1-4-10-18-16-9-6-13-11-14(17-5-2)7-8-15(13)12(16)3;/h4,6,9,14,17H,1,3,5,7-8,10-11H2,2H3;1H. The van der Waals surface area contributed by atoms with E-state index in [1.54, 1.807) is 6.08 Å². The van der Waals surface area contributed by atoms with E-state index in [-0.39, 0.29) is 1.43 Å². The van der Waals surface area contributed by atoms with Gasteiger partial charge in [-0.05, 0) is 48.6 Å². The van der Waals surface area contributed by atoms with Crippen LogP contribution in [-0.2, 0) is 4.74 Å². The van der Waals surface area contributed by atoms with E-state index in [1.807, 2.05) is 6.08 Å². The predicted molar refractivity (Wildman–Crippen MR) is 78.1 cm³/mol. The van der Waals surface area contributed by atoms with Crippen molar-refractivity contribution in [1.29, 1.82) is 0 Å². The predicted octanol–water partition coefficient (Wildman–Crippen LogP) is 3.55. The Balaban J connectivity index is 0.00000180. The molecule has 99 valence electrons. The lowest BCUT2D eigenvalue weighted by atomic mass is 9.80. The first-order valence-electron chi connectivity index (χ1n) is 6.70. The summed E-state index contributed by atoms with van der Waals surface area (Å²) in [6, 6.07) is 0.613. The van der Waals surface area contributed by atoms with Crippen LogP contribution < -0.4 is 5.32 Å². The van der Waals surface area contributed by atoms with Crippen LogP contribution in [0.2, 0.25) is 0 Å². The first-order valence-corrected chi connectivity index (χ1v) is 6.70. The van der Waals surface area contributed by atoms with Crippen molar-refractivity contribution in [2.24, 2.45) is 0 Å². The third-order valence-electron chi connectivity index (χ3n) is 3.54. The number of allylic oxidation sites excluding steroid dienone is 1. The SMILES string of the molecule is C=CCO[C]1C=CC2=C(CCC(NCC)C2)C1=C.[HH]. The maximum absolute atomic E-state index is 5.63. The van der Waals surface area contributed by atoms with Gasteiger partial charge < -0.3 is 10.1 Å². The van der Waals surface area contributed by atoms with Crippen molar-refractivity contribution >= 4 is 0 Å². The molecule has 0 saturated carbocycles. The summed E-state index contributed by atoms with van der Waals surface area (Å²) in [7, 11) is 0. The Morgan fingerprint density at radius 2 is 2.39 bits per heavy atom. The molecule has 2 aliphatic rings. The van der Waals surface area contributed by atoms with Crippen LogP contribution in [0.3, 0.4) is 0 Å². The minimum atomic E-state index is 0. The Labute approximate surface area is 112 Å². The highest BCUT2D eigenvalue weighted by molar-refractivity contribution is 5.54. The fourth-order valence-electron chi connectivity index (χ4n) is 2.66. The monoisotopic (exact) mass is 246 g/mol. The quantitative estimate of drug-likeness (QED) is 0.749. The average molecular weight is 246 g/mol. The van der Waals surface area contributed by atoms with Gasteiger partial charge in [0, 0.05) is 7.47 Å². The lowest BCUT2D eigenvalue weighted by molar-refractivity contribution is 0.210. The number of nitrogens with one attached hydrogen (secondary N) is 1. The zero-order valence-electron chi connectivity index (χ0n) is 11.2. The van der Waals surface area contributed by atoms with E-state index < -0.39 is 0 Å². The third kappa shape index (κ3) is 2.82. The molecule has 1 unspecified atom stereocenters. The van der Waals surface area contributed by atoms with Gasteiger partial charge in [0.1, 0.15) is 6.10 Å². The summed E-state index contributed by atoms with van der Waals surface area (Å²) in [4.78, 5) is 0. The van der Waals surface area contributed by atoms with Gasteiger partial charge in [0.15, 0.2) is 0 Å². The first kappa shape index (κ1) is 13.3. The molecule has 1 atom stereocenters. The van der Waals surface area contributed by atoms with Crippen molar-refractivity contribution in [1.82, 2.24) is 5.32 Å². The Morgan fingerprint density at radius 3 is 3.11 bits per heavy atom. The number of rotatable bonds is 5. The molecule has 2 heteroatoms. The van der Waals surface area contributed by atoms with Gasteiger partial charge in [0.05, 0.1) is 6.61 Å². The van der Waals surface area contributed by atoms with E-state index in [1.165, 1.54) is 17.6 Å². The molecular formula is C16H24NO. The van der Waals surface area contributed by atoms with E-state index in [4.69, 9.17) is 4.74 Å². The Morgan fingerprint density at radius 1 is 1.56 bits per heavy atom. The molecule has 0 bridgehead atoms. The summed E-state index contributed by atoms with van der Waals surface area (Å²) in [6.07, 6.45) is 10.3. The molecule has 0 saturated heterocycles. The number of hydrogen-bond donors (Lipinski definition) is 1. The molecule has 0 spiro atoms. The highest BCUT2D eigenvalue weighted by Gasteiger charge is 2.27. The molecule has 2 rings (SSSR count). The summed E-state index contributed by atoms with van der Waals surface area (Å²) < 4.78 is 5.63. The summed E-state index contributed by atoms with van der Waals surface area (Å²) in [6.45, 7) is 11.6. The second-order valence-corrected chi connectivity index (χ2v) is 4.78. The fourth-order valence-corrected chi connectivity index (χ4v) is 2.66. The number of hydrogen-bond acceptors (Lipinski definition) is 2. The maximum Gasteiger partial charge on any atom is 0.148 e. The summed E-state index contributed by atoms with van der Waals surface area (Å²) >= 11 is 0. The largest absolute Gasteiger partial charge is 0.358 e. The second-order valence-electron chi connectivity index (χ2n) is 4.78. The van der Waals surface area contributed by atoms with E-state index in [2.05, 4.69) is 31.5 Å². The van der Waals surface area contributed by atoms with Gasteiger partial charge in [-0.1, -0.05) is 25.7 Å². The Bertz CT molecular complexity index is 398. The minimum absolute atomic E-state index is 0. The molecule has 0 aromatic heterocycles. The third-order valence-corrected chi connectivity index (χ3v) is 3.54. The molecule has 2 aliphatic carbocycles. The van der Waals surface area contributed by atoms with Crippen LogP contribution in [0, 0.1) is 6.10 Å². The molecule has 1 N–H and O–H groups in total. The Hall–Kier alpha value is -1.12. The van der Waals surface area contributed by atoms with Crippen LogP contribution in [0.4, 0.5) is 0 Å². The van der Waals surface area contributed by atoms with Gasteiger partial charge >= 0.3 is 0 Å². The smallest absolute Gasteiger partial charge is 0.148 e. The lowest BCUT2D eigenvalue weighted by Crippen LogP contribution is -2.32. The highest BCUT2D eigenvalue weighted by atomic mass is 16.5. The fraction of sp³-hybridized carbons (Fsp3) is 0.438. The van der Waals surface area contributed by atoms with Crippen LogP contribution in [0.5, 0.6) is 0 Å². The first-order chi connectivity index (χ1) is 8.76. The molecule has 0 fully saturated rings. The van der Waals surface area contributed by atoms with Crippen molar-refractivity contribution in [3.8, 4) is 0 Å². The van der Waals surface area contributed by atoms with Crippen LogP contribution in [-0.4, -0.2) is 19.2 Å². The molecule has 0 aliphatic heterocycles. The molecular weight excluding hydrogens is 222 g/mol. The van der Waals surface area contributed by atoms with Crippen LogP contribution >= 0.6 is 0 Å². The van der Waals surface area contributed by atoms with E-state index in [0.29, 0.717) is 12.6 Å². The summed E-state index contributed by atoms with van der Waals surface area (Å²) in [5, 5.41) is 3.53. The van der Waals surface area contributed by atoms with Gasteiger partial charge in [-0.15, -0.1) is 6.58 Å². The topological polar surface area (TPSA) is 21.3 Å². The molecule has 0 aromatic rings. The van der Waals surface area contributed by atoms with Crippen LogP contribution in [0.1, 0.15) is 27.6 Å². The molecule has 0 aromatic carbocycles. The zero-order valence-corrected chi connectivity index (χ0v) is 11.2. The van der Waals surface area contributed by atoms with Gasteiger partial charge in [-0.3, -0.25) is 0 Å². The van der Waals surface area contributed by atoms with Crippen molar-refractivity contribution in [3.63, 3.8) is 0 Å². The molecule has 0 heterocycles. The van der Waals surface area contributed by atoms with Gasteiger partial charge in [-0.25, -0.2) is 0 Å². The maximum atomic E-state index is 5.63. The summed E-state index contributed by atoms with van der Waals surface area (Å²) in [5.41, 5.74) is 3.86. The van der Waals surface area contributed by atoms with Crippen molar-refractivity contribution in [3.05, 3.63) is 54.2 Å². The highest BCUT2D eigenvalue weighted by Crippen LogP contribution is 2.38. The van der Waals surface area contributed by atoms with Crippen LogP contribution in [0.15, 0.2) is 48.1 Å². The number of ether oxygens (including phenoxy) is 1. The van der Waals surface area contributed by atoms with Gasteiger partial charge in [0.25, 0.3) is 0 Å². The van der Waals surface area contributed by atoms with Crippen molar-refractivity contribution in [2.45, 2.75) is 32.2 Å². The second kappa shape index (κ2) is 6.17. The zero-order chi connectivity index (χ0) is 13.0. The van der Waals surface area contributed by atoms with E-state index in [0.717, 1.165) is 31.1 Å². The molecule has 1 radical (unpaired) electrons. The van der Waals surface area contributed by atoms with Crippen molar-refractivity contribution in [2.75, 3.05) is 13.2 Å². The van der Waals surface area contributed by atoms with Crippen LogP contribution in [0.25, 0.3) is 0 Å². The van der Waals surface area contributed by atoms with Gasteiger partial charge in [-0.2, -0.15) is 0 Å². The van der Waals surface area contributed by atoms with E-state index >= 15 is 0 Å².